The van der Waals surface area contributed by atoms with Gasteiger partial charge in [0.1, 0.15) is 18.1 Å². The van der Waals surface area contributed by atoms with E-state index in [2.05, 4.69) is 5.32 Å². The first kappa shape index (κ1) is 16.3. The number of aryl methyl sites for hydroxylation is 1. The van der Waals surface area contributed by atoms with Crippen molar-refractivity contribution in [1.82, 2.24) is 0 Å². The average molecular weight is 342 g/mol. The van der Waals surface area contributed by atoms with Crippen molar-refractivity contribution < 1.29 is 14.3 Å². The summed E-state index contributed by atoms with van der Waals surface area (Å²) in [7, 11) is 0. The molecule has 122 valence electrons. The third-order valence-corrected chi connectivity index (χ3v) is 4.09. The number of carbonyl (C=O) groups excluding carboxylic acids is 1. The number of hydrogen-bond donors (Lipinski definition) is 2. The van der Waals surface area contributed by atoms with Crippen LogP contribution < -0.4 is 5.32 Å². The Hall–Kier alpha value is -2.56. The van der Waals surface area contributed by atoms with Gasteiger partial charge in [-0.1, -0.05) is 17.7 Å². The lowest BCUT2D eigenvalue weighted by molar-refractivity contribution is 0.102. The van der Waals surface area contributed by atoms with Crippen molar-refractivity contribution in [2.45, 2.75) is 13.5 Å². The molecule has 0 aliphatic carbocycles. The maximum absolute atomic E-state index is 12.3. The average Bonchev–Trinajstić information content (AvgIpc) is 3.07. The summed E-state index contributed by atoms with van der Waals surface area (Å²) in [4.78, 5) is 12.3. The molecule has 0 fully saturated rings. The normalized spacial score (nSPS) is 10.6. The first-order valence-corrected chi connectivity index (χ1v) is 7.82. The SMILES string of the molecule is Cc1ccc(C(=O)Nc2ccc(-c3ccc(CO)o3)cc2)cc1Cl. The van der Waals surface area contributed by atoms with Crippen molar-refractivity contribution in [3.8, 4) is 11.3 Å². The van der Waals surface area contributed by atoms with E-state index in [1.807, 2.05) is 25.1 Å². The van der Waals surface area contributed by atoms with Crippen LogP contribution in [0.5, 0.6) is 0 Å². The number of hydrogen-bond acceptors (Lipinski definition) is 3. The zero-order valence-corrected chi connectivity index (χ0v) is 13.8. The number of nitrogens with one attached hydrogen (secondary N) is 1. The minimum Gasteiger partial charge on any atom is -0.459 e. The molecular weight excluding hydrogens is 326 g/mol. The molecule has 0 unspecified atom stereocenters. The molecule has 24 heavy (non-hydrogen) atoms. The first-order valence-electron chi connectivity index (χ1n) is 7.44. The van der Waals surface area contributed by atoms with Crippen molar-refractivity contribution in [1.29, 1.82) is 0 Å². The fraction of sp³-hybridized carbons (Fsp3) is 0.105. The fourth-order valence-corrected chi connectivity index (χ4v) is 2.45. The Morgan fingerprint density at radius 3 is 2.50 bits per heavy atom. The smallest absolute Gasteiger partial charge is 0.255 e. The summed E-state index contributed by atoms with van der Waals surface area (Å²) in [5.74, 6) is 0.964. The molecule has 0 saturated carbocycles. The molecule has 0 radical (unpaired) electrons. The van der Waals surface area contributed by atoms with Gasteiger partial charge in [-0.05, 0) is 61.0 Å². The highest BCUT2D eigenvalue weighted by atomic mass is 35.5. The molecular formula is C19H16ClNO3. The van der Waals surface area contributed by atoms with Crippen LogP contribution in [0.1, 0.15) is 21.7 Å². The van der Waals surface area contributed by atoms with Crippen LogP contribution in [0, 0.1) is 6.92 Å². The van der Waals surface area contributed by atoms with E-state index in [9.17, 15) is 4.79 Å². The molecule has 3 aromatic rings. The second-order valence-corrected chi connectivity index (χ2v) is 5.83. The number of furan rings is 1. The molecule has 5 heteroatoms. The Morgan fingerprint density at radius 2 is 1.88 bits per heavy atom. The van der Waals surface area contributed by atoms with Crippen molar-refractivity contribution in [2.24, 2.45) is 0 Å². The molecule has 3 rings (SSSR count). The zero-order valence-electron chi connectivity index (χ0n) is 13.0. The Bertz CT molecular complexity index is 869. The molecule has 1 aromatic heterocycles. The van der Waals surface area contributed by atoms with Crippen LogP contribution in [0.2, 0.25) is 5.02 Å². The summed E-state index contributed by atoms with van der Waals surface area (Å²) in [6.45, 7) is 1.76. The highest BCUT2D eigenvalue weighted by Gasteiger charge is 2.09. The molecule has 0 bridgehead atoms. The van der Waals surface area contributed by atoms with Crippen LogP contribution in [0.3, 0.4) is 0 Å². The Balaban J connectivity index is 1.73. The molecule has 0 aliphatic rings. The van der Waals surface area contributed by atoms with Crippen molar-refractivity contribution in [2.75, 3.05) is 5.32 Å². The van der Waals surface area contributed by atoms with Gasteiger partial charge < -0.3 is 14.8 Å². The van der Waals surface area contributed by atoms with Gasteiger partial charge in [-0.2, -0.15) is 0 Å². The van der Waals surface area contributed by atoms with Crippen LogP contribution in [-0.2, 0) is 6.61 Å². The predicted octanol–water partition coefficient (Wildman–Crippen LogP) is 4.65. The molecule has 2 aromatic carbocycles. The number of benzene rings is 2. The summed E-state index contributed by atoms with van der Waals surface area (Å²) >= 11 is 6.06. The lowest BCUT2D eigenvalue weighted by Crippen LogP contribution is -2.11. The van der Waals surface area contributed by atoms with Crippen LogP contribution >= 0.6 is 11.6 Å². The second kappa shape index (κ2) is 6.91. The monoisotopic (exact) mass is 341 g/mol. The third-order valence-electron chi connectivity index (χ3n) is 3.68. The molecule has 0 atom stereocenters. The van der Waals surface area contributed by atoms with Crippen LogP contribution in [-0.4, -0.2) is 11.0 Å². The minimum absolute atomic E-state index is 0.132. The highest BCUT2D eigenvalue weighted by Crippen LogP contribution is 2.24. The van der Waals surface area contributed by atoms with Crippen LogP contribution in [0.4, 0.5) is 5.69 Å². The molecule has 0 saturated heterocycles. The topological polar surface area (TPSA) is 62.5 Å². The Kier molecular flexibility index (Phi) is 4.69. The highest BCUT2D eigenvalue weighted by molar-refractivity contribution is 6.31. The number of anilines is 1. The summed E-state index contributed by atoms with van der Waals surface area (Å²) in [6.07, 6.45) is 0. The van der Waals surface area contributed by atoms with Gasteiger partial charge in [0.25, 0.3) is 5.91 Å². The molecule has 1 heterocycles. The van der Waals surface area contributed by atoms with Gasteiger partial charge in [-0.15, -0.1) is 0 Å². The molecule has 4 nitrogen and oxygen atoms in total. The maximum atomic E-state index is 12.3. The number of aliphatic hydroxyl groups excluding tert-OH is 1. The number of rotatable bonds is 4. The lowest BCUT2D eigenvalue weighted by atomic mass is 10.1. The van der Waals surface area contributed by atoms with Crippen LogP contribution in [0.25, 0.3) is 11.3 Å². The van der Waals surface area contributed by atoms with Gasteiger partial charge in [0.2, 0.25) is 0 Å². The molecule has 1 amide bonds. The van der Waals surface area contributed by atoms with Crippen molar-refractivity contribution in [3.05, 3.63) is 76.5 Å². The maximum Gasteiger partial charge on any atom is 0.255 e. The molecule has 0 aliphatic heterocycles. The quantitative estimate of drug-likeness (QED) is 0.725. The van der Waals surface area contributed by atoms with Gasteiger partial charge in [-0.25, -0.2) is 0 Å². The molecule has 2 N–H and O–H groups in total. The summed E-state index contributed by atoms with van der Waals surface area (Å²) in [5, 5.41) is 12.4. The largest absolute Gasteiger partial charge is 0.459 e. The van der Waals surface area contributed by atoms with E-state index in [4.69, 9.17) is 21.1 Å². The Labute approximate surface area is 144 Å². The third kappa shape index (κ3) is 3.50. The van der Waals surface area contributed by atoms with E-state index in [1.54, 1.807) is 36.4 Å². The fourth-order valence-electron chi connectivity index (χ4n) is 2.27. The second-order valence-electron chi connectivity index (χ2n) is 5.42. The number of halogens is 1. The van der Waals surface area contributed by atoms with Gasteiger partial charge >= 0.3 is 0 Å². The Morgan fingerprint density at radius 1 is 1.12 bits per heavy atom. The number of carbonyl (C=O) groups is 1. The summed E-state index contributed by atoms with van der Waals surface area (Å²) in [5.41, 5.74) is 2.98. The minimum atomic E-state index is -0.217. The lowest BCUT2D eigenvalue weighted by Gasteiger charge is -2.07. The van der Waals surface area contributed by atoms with Crippen molar-refractivity contribution in [3.63, 3.8) is 0 Å². The van der Waals surface area contributed by atoms with E-state index in [1.165, 1.54) is 0 Å². The van der Waals surface area contributed by atoms with E-state index >= 15 is 0 Å². The van der Waals surface area contributed by atoms with E-state index < -0.39 is 0 Å². The van der Waals surface area contributed by atoms with Gasteiger partial charge in [0.15, 0.2) is 0 Å². The molecule has 0 spiro atoms. The van der Waals surface area contributed by atoms with E-state index in [0.717, 1.165) is 11.1 Å². The van der Waals surface area contributed by atoms with Crippen molar-refractivity contribution >= 4 is 23.2 Å². The first-order chi connectivity index (χ1) is 11.6. The van der Waals surface area contributed by atoms with Gasteiger partial charge in [-0.3, -0.25) is 4.79 Å². The number of amides is 1. The van der Waals surface area contributed by atoms with Gasteiger partial charge in [0.05, 0.1) is 0 Å². The summed E-state index contributed by atoms with van der Waals surface area (Å²) < 4.78 is 5.48. The summed E-state index contributed by atoms with van der Waals surface area (Å²) in [6, 6.07) is 16.0. The number of aliphatic hydroxyl groups is 1. The van der Waals surface area contributed by atoms with Crippen LogP contribution in [0.15, 0.2) is 59.0 Å². The standard InChI is InChI=1S/C19H16ClNO3/c1-12-2-3-14(10-17(12)20)19(23)21-15-6-4-13(5-7-15)18-9-8-16(11-22)24-18/h2-10,22H,11H2,1H3,(H,21,23). The van der Waals surface area contributed by atoms with Gasteiger partial charge in [0, 0.05) is 21.8 Å². The zero-order chi connectivity index (χ0) is 17.1. The predicted molar refractivity (Wildman–Crippen MR) is 94.2 cm³/mol. The van der Waals surface area contributed by atoms with E-state index in [0.29, 0.717) is 27.8 Å². The van der Waals surface area contributed by atoms with E-state index in [-0.39, 0.29) is 12.5 Å².